The number of halogens is 1. The standard InChI is InChI=1S/C12H12ClN/c13-12-5-1-3-10(8-12)7-11-4-2-6-14-9-11/h2,4,6-9H,1,3,5H2/b10-7+. The molecule has 0 radical (unpaired) electrons. The molecule has 0 unspecified atom stereocenters. The van der Waals surface area contributed by atoms with E-state index in [0.717, 1.165) is 29.9 Å². The maximum Gasteiger partial charge on any atom is 0.0340 e. The van der Waals surface area contributed by atoms with Gasteiger partial charge < -0.3 is 0 Å². The van der Waals surface area contributed by atoms with Gasteiger partial charge in [-0.25, -0.2) is 0 Å². The van der Waals surface area contributed by atoms with E-state index >= 15 is 0 Å². The van der Waals surface area contributed by atoms with Crippen LogP contribution in [0.5, 0.6) is 0 Å². The fraction of sp³-hybridized carbons (Fsp3) is 0.250. The quantitative estimate of drug-likeness (QED) is 0.680. The highest BCUT2D eigenvalue weighted by Crippen LogP contribution is 2.25. The Morgan fingerprint density at radius 3 is 3.00 bits per heavy atom. The van der Waals surface area contributed by atoms with Gasteiger partial charge >= 0.3 is 0 Å². The molecule has 1 heterocycles. The molecule has 1 nitrogen and oxygen atoms in total. The number of nitrogens with zero attached hydrogens (tertiary/aromatic N) is 1. The summed E-state index contributed by atoms with van der Waals surface area (Å²) < 4.78 is 0. The van der Waals surface area contributed by atoms with Crippen molar-refractivity contribution in [1.29, 1.82) is 0 Å². The van der Waals surface area contributed by atoms with Gasteiger partial charge in [0, 0.05) is 17.4 Å². The molecule has 0 aromatic carbocycles. The Labute approximate surface area is 89.1 Å². The molecular weight excluding hydrogens is 194 g/mol. The van der Waals surface area contributed by atoms with Gasteiger partial charge in [-0.1, -0.05) is 23.7 Å². The van der Waals surface area contributed by atoms with Crippen molar-refractivity contribution >= 4 is 17.7 Å². The average Bonchev–Trinajstić information content (AvgIpc) is 2.19. The summed E-state index contributed by atoms with van der Waals surface area (Å²) in [5, 5.41) is 0.964. The van der Waals surface area contributed by atoms with Gasteiger partial charge in [-0.05, 0) is 42.5 Å². The lowest BCUT2D eigenvalue weighted by Crippen LogP contribution is -1.90. The minimum Gasteiger partial charge on any atom is -0.264 e. The topological polar surface area (TPSA) is 12.9 Å². The highest BCUT2D eigenvalue weighted by atomic mass is 35.5. The lowest BCUT2D eigenvalue weighted by molar-refractivity contribution is 0.814. The number of hydrogen-bond donors (Lipinski definition) is 0. The van der Waals surface area contributed by atoms with E-state index in [9.17, 15) is 0 Å². The maximum atomic E-state index is 5.98. The fourth-order valence-electron chi connectivity index (χ4n) is 1.60. The maximum absolute atomic E-state index is 5.98. The van der Waals surface area contributed by atoms with Crippen LogP contribution in [0, 0.1) is 0 Å². The zero-order valence-electron chi connectivity index (χ0n) is 7.91. The van der Waals surface area contributed by atoms with E-state index in [1.807, 2.05) is 12.3 Å². The normalized spacial score (nSPS) is 19.5. The minimum atomic E-state index is 0.964. The van der Waals surface area contributed by atoms with Crippen molar-refractivity contribution in [3.8, 4) is 0 Å². The van der Waals surface area contributed by atoms with Crippen molar-refractivity contribution in [3.05, 3.63) is 46.8 Å². The molecule has 1 aromatic rings. The number of hydrogen-bond acceptors (Lipinski definition) is 1. The third kappa shape index (κ3) is 2.46. The molecule has 2 heteroatoms. The number of aromatic nitrogens is 1. The summed E-state index contributed by atoms with van der Waals surface area (Å²) in [6.45, 7) is 0. The molecule has 72 valence electrons. The number of allylic oxidation sites excluding steroid dienone is 3. The van der Waals surface area contributed by atoms with Crippen molar-refractivity contribution in [2.75, 3.05) is 0 Å². The van der Waals surface area contributed by atoms with E-state index in [2.05, 4.69) is 23.2 Å². The first-order valence-corrected chi connectivity index (χ1v) is 5.19. The summed E-state index contributed by atoms with van der Waals surface area (Å²) in [5.41, 5.74) is 2.44. The molecule has 0 fully saturated rings. The van der Waals surface area contributed by atoms with E-state index in [-0.39, 0.29) is 0 Å². The van der Waals surface area contributed by atoms with Crippen LogP contribution in [0.4, 0.5) is 0 Å². The molecule has 0 amide bonds. The molecule has 2 rings (SSSR count). The molecule has 1 aliphatic rings. The van der Waals surface area contributed by atoms with Crippen LogP contribution in [0.1, 0.15) is 24.8 Å². The summed E-state index contributed by atoms with van der Waals surface area (Å²) >= 11 is 5.98. The first-order valence-electron chi connectivity index (χ1n) is 4.81. The van der Waals surface area contributed by atoms with Gasteiger partial charge in [0.25, 0.3) is 0 Å². The fourth-order valence-corrected chi connectivity index (χ4v) is 1.87. The van der Waals surface area contributed by atoms with Crippen LogP contribution in [0.15, 0.2) is 41.2 Å². The van der Waals surface area contributed by atoms with Crippen molar-refractivity contribution < 1.29 is 0 Å². The minimum absolute atomic E-state index is 0.964. The molecule has 0 bridgehead atoms. The monoisotopic (exact) mass is 205 g/mol. The summed E-state index contributed by atoms with van der Waals surface area (Å²) in [5.74, 6) is 0. The molecule has 0 saturated heterocycles. The van der Waals surface area contributed by atoms with Crippen LogP contribution in [-0.2, 0) is 0 Å². The summed E-state index contributed by atoms with van der Waals surface area (Å²) in [6.07, 6.45) is 11.2. The molecule has 0 atom stereocenters. The van der Waals surface area contributed by atoms with Crippen LogP contribution in [0.2, 0.25) is 0 Å². The third-order valence-corrected chi connectivity index (χ3v) is 2.56. The lowest BCUT2D eigenvalue weighted by Gasteiger charge is -2.09. The molecule has 0 N–H and O–H groups in total. The van der Waals surface area contributed by atoms with Gasteiger partial charge in [-0.3, -0.25) is 4.98 Å². The number of rotatable bonds is 1. The van der Waals surface area contributed by atoms with Gasteiger partial charge in [-0.2, -0.15) is 0 Å². The average molecular weight is 206 g/mol. The Hall–Kier alpha value is -1.08. The second kappa shape index (κ2) is 4.43. The van der Waals surface area contributed by atoms with Gasteiger partial charge in [0.05, 0.1) is 0 Å². The molecular formula is C12H12ClN. The van der Waals surface area contributed by atoms with E-state index in [1.54, 1.807) is 6.20 Å². The summed E-state index contributed by atoms with van der Waals surface area (Å²) in [6, 6.07) is 4.00. The second-order valence-electron chi connectivity index (χ2n) is 3.45. The predicted octanol–water partition coefficient (Wildman–Crippen LogP) is 3.77. The number of pyridine rings is 1. The molecule has 0 aliphatic heterocycles. The summed E-state index contributed by atoms with van der Waals surface area (Å²) in [4.78, 5) is 4.07. The zero-order chi connectivity index (χ0) is 9.80. The molecule has 0 spiro atoms. The van der Waals surface area contributed by atoms with Crippen LogP contribution in [-0.4, -0.2) is 4.98 Å². The molecule has 1 aliphatic carbocycles. The first kappa shape index (κ1) is 9.47. The smallest absolute Gasteiger partial charge is 0.0340 e. The van der Waals surface area contributed by atoms with Crippen molar-refractivity contribution in [2.24, 2.45) is 0 Å². The highest BCUT2D eigenvalue weighted by molar-refractivity contribution is 6.29. The predicted molar refractivity (Wildman–Crippen MR) is 60.0 cm³/mol. The van der Waals surface area contributed by atoms with E-state index in [0.29, 0.717) is 0 Å². The SMILES string of the molecule is ClC1=C/C(=C/c2cccnc2)CCC1. The van der Waals surface area contributed by atoms with Gasteiger partial charge in [0.1, 0.15) is 0 Å². The largest absolute Gasteiger partial charge is 0.264 e. The lowest BCUT2D eigenvalue weighted by atomic mass is 10.00. The Morgan fingerprint density at radius 1 is 1.36 bits per heavy atom. The zero-order valence-corrected chi connectivity index (χ0v) is 8.67. The second-order valence-corrected chi connectivity index (χ2v) is 3.94. The van der Waals surface area contributed by atoms with Gasteiger partial charge in [0.15, 0.2) is 0 Å². The third-order valence-electron chi connectivity index (χ3n) is 2.26. The van der Waals surface area contributed by atoms with E-state index in [1.165, 1.54) is 5.57 Å². The Bertz CT molecular complexity index is 365. The van der Waals surface area contributed by atoms with Crippen LogP contribution >= 0.6 is 11.6 Å². The van der Waals surface area contributed by atoms with Crippen molar-refractivity contribution in [1.82, 2.24) is 4.98 Å². The van der Waals surface area contributed by atoms with Crippen molar-refractivity contribution in [3.63, 3.8) is 0 Å². The molecule has 14 heavy (non-hydrogen) atoms. The highest BCUT2D eigenvalue weighted by Gasteiger charge is 2.04. The first-order chi connectivity index (χ1) is 6.84. The van der Waals surface area contributed by atoms with Gasteiger partial charge in [-0.15, -0.1) is 0 Å². The summed E-state index contributed by atoms with van der Waals surface area (Å²) in [7, 11) is 0. The van der Waals surface area contributed by atoms with E-state index in [4.69, 9.17) is 11.6 Å². The van der Waals surface area contributed by atoms with Crippen LogP contribution < -0.4 is 0 Å². The molecule has 1 aromatic heterocycles. The van der Waals surface area contributed by atoms with Crippen molar-refractivity contribution in [2.45, 2.75) is 19.3 Å². The van der Waals surface area contributed by atoms with Crippen LogP contribution in [0.25, 0.3) is 6.08 Å². The Balaban J connectivity index is 2.23. The Morgan fingerprint density at radius 2 is 2.29 bits per heavy atom. The van der Waals surface area contributed by atoms with Gasteiger partial charge in [0.2, 0.25) is 0 Å². The van der Waals surface area contributed by atoms with E-state index < -0.39 is 0 Å². The van der Waals surface area contributed by atoms with Crippen LogP contribution in [0.3, 0.4) is 0 Å². The Kier molecular flexibility index (Phi) is 3.00. The molecule has 0 saturated carbocycles.